The van der Waals surface area contributed by atoms with Crippen molar-refractivity contribution in [1.29, 1.82) is 0 Å². The molecule has 0 spiro atoms. The van der Waals surface area contributed by atoms with Crippen molar-refractivity contribution in [1.82, 2.24) is 9.21 Å². The van der Waals surface area contributed by atoms with Gasteiger partial charge in [0.1, 0.15) is 5.82 Å². The molecule has 0 atom stereocenters. The van der Waals surface area contributed by atoms with Gasteiger partial charge in [-0.15, -0.1) is 0 Å². The summed E-state index contributed by atoms with van der Waals surface area (Å²) in [5.74, 6) is -0.469. The number of benzene rings is 2. The summed E-state index contributed by atoms with van der Waals surface area (Å²) >= 11 is 0. The van der Waals surface area contributed by atoms with Gasteiger partial charge >= 0.3 is 6.03 Å². The molecule has 2 aromatic carbocycles. The molecule has 1 aliphatic rings. The summed E-state index contributed by atoms with van der Waals surface area (Å²) in [5, 5.41) is 2.79. The van der Waals surface area contributed by atoms with Crippen LogP contribution in [0.15, 0.2) is 53.4 Å². The van der Waals surface area contributed by atoms with Gasteiger partial charge in [-0.05, 0) is 42.8 Å². The van der Waals surface area contributed by atoms with Crippen molar-refractivity contribution >= 4 is 21.7 Å². The normalized spacial score (nSPS) is 15.7. The zero-order valence-electron chi connectivity index (χ0n) is 14.4. The number of halogens is 1. The van der Waals surface area contributed by atoms with Crippen molar-refractivity contribution in [2.75, 3.05) is 31.5 Å². The van der Waals surface area contributed by atoms with Crippen LogP contribution in [0.4, 0.5) is 14.9 Å². The van der Waals surface area contributed by atoms with Gasteiger partial charge in [-0.1, -0.05) is 18.2 Å². The van der Waals surface area contributed by atoms with E-state index < -0.39 is 15.8 Å². The summed E-state index contributed by atoms with van der Waals surface area (Å²) in [6.07, 6.45) is 0. The molecular formula is C18H20FN3O3S. The lowest BCUT2D eigenvalue weighted by Gasteiger charge is -2.34. The standard InChI is InChI=1S/C18H20FN3O3S/c1-14-13-15(19)7-8-17(14)26(24,25)22-11-9-21(10-12-22)18(23)20-16-5-3-2-4-6-16/h2-8,13H,9-12H2,1H3,(H,20,23). The Morgan fingerprint density at radius 1 is 1.04 bits per heavy atom. The summed E-state index contributed by atoms with van der Waals surface area (Å²) in [6.45, 7) is 2.54. The maximum atomic E-state index is 13.2. The maximum absolute atomic E-state index is 13.2. The lowest BCUT2D eigenvalue weighted by molar-refractivity contribution is 0.184. The second-order valence-electron chi connectivity index (χ2n) is 6.10. The quantitative estimate of drug-likeness (QED) is 0.894. The van der Waals surface area contributed by atoms with Crippen LogP contribution < -0.4 is 5.32 Å². The van der Waals surface area contributed by atoms with E-state index in [2.05, 4.69) is 5.32 Å². The number of nitrogens with zero attached hydrogens (tertiary/aromatic N) is 2. The Bertz CT molecular complexity index is 895. The zero-order chi connectivity index (χ0) is 18.7. The molecule has 0 aromatic heterocycles. The summed E-state index contributed by atoms with van der Waals surface area (Å²) in [7, 11) is -3.71. The van der Waals surface area contributed by atoms with Crippen molar-refractivity contribution < 1.29 is 17.6 Å². The van der Waals surface area contributed by atoms with Crippen molar-refractivity contribution in [2.24, 2.45) is 0 Å². The highest BCUT2D eigenvalue weighted by molar-refractivity contribution is 7.89. The van der Waals surface area contributed by atoms with Crippen LogP contribution in [0.25, 0.3) is 0 Å². The third kappa shape index (κ3) is 3.86. The molecular weight excluding hydrogens is 357 g/mol. The topological polar surface area (TPSA) is 69.7 Å². The van der Waals surface area contributed by atoms with E-state index in [1.165, 1.54) is 16.4 Å². The molecule has 1 heterocycles. The molecule has 1 saturated heterocycles. The minimum Gasteiger partial charge on any atom is -0.322 e. The molecule has 0 aliphatic carbocycles. The largest absolute Gasteiger partial charge is 0.322 e. The molecule has 1 aliphatic heterocycles. The molecule has 138 valence electrons. The first-order valence-corrected chi connectivity index (χ1v) is 9.69. The van der Waals surface area contributed by atoms with Gasteiger partial charge in [-0.25, -0.2) is 17.6 Å². The van der Waals surface area contributed by atoms with Crippen LogP contribution in [0.5, 0.6) is 0 Å². The molecule has 1 N–H and O–H groups in total. The van der Waals surface area contributed by atoms with Crippen molar-refractivity contribution in [3.05, 3.63) is 59.9 Å². The van der Waals surface area contributed by atoms with E-state index in [0.717, 1.165) is 6.07 Å². The number of anilines is 1. The summed E-state index contributed by atoms with van der Waals surface area (Å²) < 4.78 is 40.1. The fourth-order valence-electron chi connectivity index (χ4n) is 2.90. The summed E-state index contributed by atoms with van der Waals surface area (Å²) in [4.78, 5) is 14.0. The van der Waals surface area contributed by atoms with Crippen LogP contribution in [0.3, 0.4) is 0 Å². The molecule has 8 heteroatoms. The molecule has 2 amide bonds. The smallest absolute Gasteiger partial charge is 0.321 e. The molecule has 2 aromatic rings. The molecule has 6 nitrogen and oxygen atoms in total. The number of rotatable bonds is 3. The number of para-hydroxylation sites is 1. The Morgan fingerprint density at radius 2 is 1.69 bits per heavy atom. The Balaban J connectivity index is 1.65. The minimum absolute atomic E-state index is 0.0982. The van der Waals surface area contributed by atoms with Crippen LogP contribution in [0.1, 0.15) is 5.56 Å². The van der Waals surface area contributed by atoms with Gasteiger partial charge in [-0.2, -0.15) is 4.31 Å². The van der Waals surface area contributed by atoms with Crippen molar-refractivity contribution in [3.63, 3.8) is 0 Å². The van der Waals surface area contributed by atoms with E-state index in [1.54, 1.807) is 24.0 Å². The Morgan fingerprint density at radius 3 is 2.31 bits per heavy atom. The third-order valence-corrected chi connectivity index (χ3v) is 6.36. The van der Waals surface area contributed by atoms with Gasteiger partial charge in [0.25, 0.3) is 0 Å². The second-order valence-corrected chi connectivity index (χ2v) is 8.00. The number of aryl methyl sites for hydroxylation is 1. The van der Waals surface area contributed by atoms with E-state index in [0.29, 0.717) is 11.3 Å². The van der Waals surface area contributed by atoms with Crippen LogP contribution in [0.2, 0.25) is 0 Å². The predicted octanol–water partition coefficient (Wildman–Crippen LogP) is 2.67. The van der Waals surface area contributed by atoms with E-state index in [9.17, 15) is 17.6 Å². The third-order valence-electron chi connectivity index (χ3n) is 4.31. The second kappa shape index (κ2) is 7.43. The lowest BCUT2D eigenvalue weighted by Crippen LogP contribution is -2.51. The number of nitrogens with one attached hydrogen (secondary N) is 1. The highest BCUT2D eigenvalue weighted by Crippen LogP contribution is 2.22. The molecule has 1 fully saturated rings. The SMILES string of the molecule is Cc1cc(F)ccc1S(=O)(=O)N1CCN(C(=O)Nc2ccccc2)CC1. The van der Waals surface area contributed by atoms with Gasteiger partial charge < -0.3 is 10.2 Å². The number of carbonyl (C=O) groups is 1. The van der Waals surface area contributed by atoms with Gasteiger partial charge in [-0.3, -0.25) is 0 Å². The van der Waals surface area contributed by atoms with Crippen LogP contribution in [0, 0.1) is 12.7 Å². The van der Waals surface area contributed by atoms with E-state index in [4.69, 9.17) is 0 Å². The number of hydrogen-bond donors (Lipinski definition) is 1. The first kappa shape index (κ1) is 18.3. The van der Waals surface area contributed by atoms with Crippen LogP contribution in [-0.2, 0) is 10.0 Å². The molecule has 0 saturated carbocycles. The predicted molar refractivity (Wildman–Crippen MR) is 96.9 cm³/mol. The average molecular weight is 377 g/mol. The van der Waals surface area contributed by atoms with Crippen molar-refractivity contribution in [3.8, 4) is 0 Å². The number of hydrogen-bond acceptors (Lipinski definition) is 3. The van der Waals surface area contributed by atoms with Gasteiger partial charge in [0, 0.05) is 31.9 Å². The van der Waals surface area contributed by atoms with Gasteiger partial charge in [0.2, 0.25) is 10.0 Å². The Kier molecular flexibility index (Phi) is 5.24. The molecule has 0 unspecified atom stereocenters. The van der Waals surface area contributed by atoms with Gasteiger partial charge in [0.15, 0.2) is 0 Å². The van der Waals surface area contributed by atoms with Crippen LogP contribution in [-0.4, -0.2) is 49.8 Å². The number of piperazine rings is 1. The minimum atomic E-state index is -3.71. The Hall–Kier alpha value is -2.45. The highest BCUT2D eigenvalue weighted by atomic mass is 32.2. The van der Waals surface area contributed by atoms with Crippen molar-refractivity contribution in [2.45, 2.75) is 11.8 Å². The van der Waals surface area contributed by atoms with E-state index in [1.807, 2.05) is 18.2 Å². The molecule has 3 rings (SSSR count). The number of urea groups is 1. The zero-order valence-corrected chi connectivity index (χ0v) is 15.2. The van der Waals surface area contributed by atoms with E-state index >= 15 is 0 Å². The average Bonchev–Trinajstić information content (AvgIpc) is 2.62. The highest BCUT2D eigenvalue weighted by Gasteiger charge is 2.31. The monoisotopic (exact) mass is 377 g/mol. The van der Waals surface area contributed by atoms with E-state index in [-0.39, 0.29) is 37.1 Å². The fourth-order valence-corrected chi connectivity index (χ4v) is 4.52. The summed E-state index contributed by atoms with van der Waals surface area (Å²) in [5.41, 5.74) is 1.06. The first-order valence-electron chi connectivity index (χ1n) is 8.25. The number of amides is 2. The number of carbonyl (C=O) groups excluding carboxylic acids is 1. The summed E-state index contributed by atoms with van der Waals surface area (Å²) in [6, 6.07) is 12.5. The van der Waals surface area contributed by atoms with Gasteiger partial charge in [0.05, 0.1) is 4.90 Å². The molecule has 26 heavy (non-hydrogen) atoms. The Labute approximate surface area is 152 Å². The van der Waals surface area contributed by atoms with Crippen LogP contribution >= 0.6 is 0 Å². The molecule has 0 bridgehead atoms. The first-order chi connectivity index (χ1) is 12.4. The fraction of sp³-hybridized carbons (Fsp3) is 0.278. The maximum Gasteiger partial charge on any atom is 0.321 e. The molecule has 0 radical (unpaired) electrons. The number of sulfonamides is 1. The lowest BCUT2D eigenvalue weighted by atomic mass is 10.2.